The lowest BCUT2D eigenvalue weighted by Crippen LogP contribution is -1.90. The number of hydrogen-bond acceptors (Lipinski definition) is 8. The van der Waals surface area contributed by atoms with Gasteiger partial charge in [0.2, 0.25) is 11.8 Å². The quantitative estimate of drug-likeness (QED) is 0.398. The zero-order valence-electron chi connectivity index (χ0n) is 15.6. The van der Waals surface area contributed by atoms with E-state index in [0.29, 0.717) is 40.0 Å². The molecule has 2 heterocycles. The van der Waals surface area contributed by atoms with Crippen molar-refractivity contribution in [2.75, 3.05) is 14.2 Å². The monoisotopic (exact) mass is 413 g/mol. The molecule has 0 bridgehead atoms. The Morgan fingerprint density at radius 2 is 1.69 bits per heavy atom. The summed E-state index contributed by atoms with van der Waals surface area (Å²) in [5.74, 6) is 2.74. The van der Waals surface area contributed by atoms with Crippen molar-refractivity contribution in [3.05, 3.63) is 60.4 Å². The Balaban J connectivity index is 1.43. The Morgan fingerprint density at radius 3 is 2.45 bits per heavy atom. The van der Waals surface area contributed by atoms with Crippen LogP contribution in [0.5, 0.6) is 11.5 Å². The Bertz CT molecular complexity index is 1110. The SMILES string of the molecule is COc1ccc(-c2nnc(SCc3ncc(-c4ccc(F)cc4)o3)o2)cc1OC. The maximum absolute atomic E-state index is 13.0. The first-order valence-electron chi connectivity index (χ1n) is 8.55. The molecule has 0 saturated carbocycles. The number of aromatic nitrogens is 3. The fourth-order valence-electron chi connectivity index (χ4n) is 2.60. The van der Waals surface area contributed by atoms with Gasteiger partial charge in [-0.05, 0) is 42.5 Å². The fraction of sp³-hybridized carbons (Fsp3) is 0.150. The summed E-state index contributed by atoms with van der Waals surface area (Å²) in [7, 11) is 3.14. The molecule has 0 saturated heterocycles. The van der Waals surface area contributed by atoms with Crippen LogP contribution in [0.1, 0.15) is 5.89 Å². The van der Waals surface area contributed by atoms with Crippen molar-refractivity contribution in [2.24, 2.45) is 0 Å². The molecule has 0 aliphatic carbocycles. The molecular weight excluding hydrogens is 397 g/mol. The molecule has 9 heteroatoms. The minimum atomic E-state index is -0.300. The van der Waals surface area contributed by atoms with E-state index in [-0.39, 0.29) is 5.82 Å². The molecule has 2 aromatic carbocycles. The predicted octanol–water partition coefficient (Wildman–Crippen LogP) is 4.84. The van der Waals surface area contributed by atoms with Crippen LogP contribution in [0.3, 0.4) is 0 Å². The lowest BCUT2D eigenvalue weighted by Gasteiger charge is -2.07. The Morgan fingerprint density at radius 1 is 0.931 bits per heavy atom. The molecule has 0 aliphatic heterocycles. The van der Waals surface area contributed by atoms with Gasteiger partial charge in [-0.1, -0.05) is 11.8 Å². The maximum atomic E-state index is 13.0. The molecule has 0 radical (unpaired) electrons. The molecule has 0 spiro atoms. The summed E-state index contributed by atoms with van der Waals surface area (Å²) in [4.78, 5) is 4.24. The summed E-state index contributed by atoms with van der Waals surface area (Å²) in [6.07, 6.45) is 1.60. The normalized spacial score (nSPS) is 10.9. The van der Waals surface area contributed by atoms with E-state index in [4.69, 9.17) is 18.3 Å². The van der Waals surface area contributed by atoms with Gasteiger partial charge < -0.3 is 18.3 Å². The van der Waals surface area contributed by atoms with E-state index in [1.165, 1.54) is 23.9 Å². The molecule has 29 heavy (non-hydrogen) atoms. The van der Waals surface area contributed by atoms with Gasteiger partial charge in [-0.3, -0.25) is 0 Å². The van der Waals surface area contributed by atoms with Gasteiger partial charge >= 0.3 is 0 Å². The van der Waals surface area contributed by atoms with Gasteiger partial charge in [0.05, 0.1) is 26.2 Å². The largest absolute Gasteiger partial charge is 0.493 e. The van der Waals surface area contributed by atoms with Gasteiger partial charge in [0.15, 0.2) is 17.3 Å². The van der Waals surface area contributed by atoms with E-state index < -0.39 is 0 Å². The first-order valence-corrected chi connectivity index (χ1v) is 9.54. The third kappa shape index (κ3) is 4.24. The molecule has 0 N–H and O–H groups in total. The van der Waals surface area contributed by atoms with Crippen LogP contribution in [0.4, 0.5) is 4.39 Å². The van der Waals surface area contributed by atoms with Crippen LogP contribution < -0.4 is 9.47 Å². The number of oxazole rings is 1. The summed E-state index contributed by atoms with van der Waals surface area (Å²) in [5, 5.41) is 8.50. The van der Waals surface area contributed by atoms with E-state index in [1.807, 2.05) is 6.07 Å². The van der Waals surface area contributed by atoms with Crippen molar-refractivity contribution < 1.29 is 22.7 Å². The molecule has 0 aliphatic rings. The molecule has 0 amide bonds. The average Bonchev–Trinajstić information content (AvgIpc) is 3.42. The molecular formula is C20H16FN3O4S. The third-order valence-electron chi connectivity index (χ3n) is 4.04. The van der Waals surface area contributed by atoms with E-state index in [1.54, 1.807) is 44.7 Å². The molecule has 0 unspecified atom stereocenters. The number of ether oxygens (including phenoxy) is 2. The van der Waals surface area contributed by atoms with Crippen molar-refractivity contribution in [1.29, 1.82) is 0 Å². The van der Waals surface area contributed by atoms with Crippen LogP contribution in [-0.2, 0) is 5.75 Å². The second-order valence-corrected chi connectivity index (χ2v) is 6.78. The van der Waals surface area contributed by atoms with Gasteiger partial charge in [-0.15, -0.1) is 10.2 Å². The summed E-state index contributed by atoms with van der Waals surface area (Å²) in [6.45, 7) is 0. The second-order valence-electron chi connectivity index (χ2n) is 5.86. The number of rotatable bonds is 7. The van der Waals surface area contributed by atoms with E-state index in [9.17, 15) is 4.39 Å². The topological polar surface area (TPSA) is 83.4 Å². The molecule has 4 aromatic rings. The minimum Gasteiger partial charge on any atom is -0.493 e. The van der Waals surface area contributed by atoms with Crippen molar-refractivity contribution >= 4 is 11.8 Å². The van der Waals surface area contributed by atoms with Crippen molar-refractivity contribution in [2.45, 2.75) is 11.0 Å². The standard InChI is InChI=1S/C20H16FN3O4S/c1-25-15-8-5-13(9-16(15)26-2)19-23-24-20(28-19)29-11-18-22-10-17(27-18)12-3-6-14(21)7-4-12/h3-10H,11H2,1-2H3. The molecule has 148 valence electrons. The zero-order valence-corrected chi connectivity index (χ0v) is 16.4. The highest BCUT2D eigenvalue weighted by Crippen LogP contribution is 2.33. The smallest absolute Gasteiger partial charge is 0.277 e. The highest BCUT2D eigenvalue weighted by molar-refractivity contribution is 7.98. The van der Waals surface area contributed by atoms with Crippen LogP contribution in [-0.4, -0.2) is 29.4 Å². The van der Waals surface area contributed by atoms with Crippen LogP contribution in [0.2, 0.25) is 0 Å². The highest BCUT2D eigenvalue weighted by Gasteiger charge is 2.14. The van der Waals surface area contributed by atoms with Gasteiger partial charge in [0, 0.05) is 11.1 Å². The highest BCUT2D eigenvalue weighted by atomic mass is 32.2. The number of hydrogen-bond donors (Lipinski definition) is 0. The summed E-state index contributed by atoms with van der Waals surface area (Å²) in [6, 6.07) is 11.4. The van der Waals surface area contributed by atoms with Crippen molar-refractivity contribution in [3.63, 3.8) is 0 Å². The lowest BCUT2D eigenvalue weighted by atomic mass is 10.2. The Labute approximate surface area is 169 Å². The number of thioether (sulfide) groups is 1. The zero-order chi connectivity index (χ0) is 20.2. The summed E-state index contributed by atoms with van der Waals surface area (Å²) in [5.41, 5.74) is 1.47. The first kappa shape index (κ1) is 19.0. The van der Waals surface area contributed by atoms with E-state index >= 15 is 0 Å². The summed E-state index contributed by atoms with van der Waals surface area (Å²) < 4.78 is 35.0. The van der Waals surface area contributed by atoms with E-state index in [2.05, 4.69) is 15.2 Å². The molecule has 4 rings (SSSR count). The number of benzene rings is 2. The van der Waals surface area contributed by atoms with Crippen LogP contribution in [0.25, 0.3) is 22.8 Å². The van der Waals surface area contributed by atoms with Crippen LogP contribution in [0, 0.1) is 5.82 Å². The molecule has 2 aromatic heterocycles. The Kier molecular flexibility index (Phi) is 5.48. The van der Waals surface area contributed by atoms with Gasteiger partial charge in [0.1, 0.15) is 5.82 Å². The maximum Gasteiger partial charge on any atom is 0.277 e. The van der Waals surface area contributed by atoms with Gasteiger partial charge in [-0.2, -0.15) is 0 Å². The third-order valence-corrected chi connectivity index (χ3v) is 4.84. The van der Waals surface area contributed by atoms with Crippen molar-refractivity contribution in [3.8, 4) is 34.3 Å². The number of nitrogens with zero attached hydrogens (tertiary/aromatic N) is 3. The number of halogens is 1. The molecule has 0 atom stereocenters. The number of methoxy groups -OCH3 is 2. The minimum absolute atomic E-state index is 0.300. The molecule has 0 fully saturated rings. The average molecular weight is 413 g/mol. The van der Waals surface area contributed by atoms with Crippen LogP contribution in [0.15, 0.2) is 62.7 Å². The summed E-state index contributed by atoms with van der Waals surface area (Å²) >= 11 is 1.31. The van der Waals surface area contributed by atoms with Gasteiger partial charge in [-0.25, -0.2) is 9.37 Å². The molecule has 7 nitrogen and oxygen atoms in total. The predicted molar refractivity (Wildman–Crippen MR) is 104 cm³/mol. The second kappa shape index (κ2) is 8.36. The Hall–Kier alpha value is -3.33. The first-order chi connectivity index (χ1) is 14.2. The van der Waals surface area contributed by atoms with Crippen molar-refractivity contribution in [1.82, 2.24) is 15.2 Å². The van der Waals surface area contributed by atoms with E-state index in [0.717, 1.165) is 11.1 Å². The lowest BCUT2D eigenvalue weighted by molar-refractivity contribution is 0.355. The fourth-order valence-corrected chi connectivity index (χ4v) is 3.22. The van der Waals surface area contributed by atoms with Gasteiger partial charge in [0.25, 0.3) is 5.22 Å². The van der Waals surface area contributed by atoms with Crippen LogP contribution >= 0.6 is 11.8 Å².